The molecule has 0 N–H and O–H groups in total. The molecule has 0 heterocycles. The van der Waals surface area contributed by atoms with Crippen molar-refractivity contribution in [1.29, 1.82) is 0 Å². The van der Waals surface area contributed by atoms with E-state index in [9.17, 15) is 17.2 Å². The molecule has 0 radical (unpaired) electrons. The molecule has 2 aromatic carbocycles. The molecule has 21 heavy (non-hydrogen) atoms. The Balaban J connectivity index is 2.15. The van der Waals surface area contributed by atoms with Gasteiger partial charge in [0, 0.05) is 10.7 Å². The maximum Gasteiger partial charge on any atom is 0.261 e. The Hall–Kier alpha value is -1.37. The molecule has 2 aromatic rings. The first kappa shape index (κ1) is 16.0. The van der Waals surface area contributed by atoms with Crippen LogP contribution in [0.1, 0.15) is 5.56 Å². The van der Waals surface area contributed by atoms with E-state index in [4.69, 9.17) is 27.0 Å². The molecule has 0 aliphatic carbocycles. The van der Waals surface area contributed by atoms with Gasteiger partial charge in [-0.3, -0.25) is 0 Å². The number of ether oxygens (including phenoxy) is 1. The molecule has 3 nitrogen and oxygen atoms in total. The summed E-state index contributed by atoms with van der Waals surface area (Å²) in [4.78, 5) is -0.369. The van der Waals surface area contributed by atoms with Gasteiger partial charge >= 0.3 is 0 Å². The van der Waals surface area contributed by atoms with Gasteiger partial charge in [0.05, 0.1) is 9.92 Å². The van der Waals surface area contributed by atoms with Gasteiger partial charge in [-0.2, -0.15) is 0 Å². The van der Waals surface area contributed by atoms with Crippen LogP contribution in [0.15, 0.2) is 41.3 Å². The number of hydrogen-bond donors (Lipinski definition) is 0. The van der Waals surface area contributed by atoms with Crippen molar-refractivity contribution in [3.63, 3.8) is 0 Å². The van der Waals surface area contributed by atoms with Crippen LogP contribution < -0.4 is 4.74 Å². The van der Waals surface area contributed by atoms with Crippen molar-refractivity contribution in [3.8, 4) is 5.75 Å². The van der Waals surface area contributed by atoms with E-state index >= 15 is 0 Å². The molecule has 0 fully saturated rings. The Bertz CT molecular complexity index is 779. The van der Waals surface area contributed by atoms with E-state index in [0.717, 1.165) is 24.3 Å². The minimum absolute atomic E-state index is 0.0263. The van der Waals surface area contributed by atoms with E-state index in [1.54, 1.807) is 0 Å². The van der Waals surface area contributed by atoms with Gasteiger partial charge in [-0.15, -0.1) is 0 Å². The van der Waals surface area contributed by atoms with Crippen LogP contribution in [0.25, 0.3) is 0 Å². The van der Waals surface area contributed by atoms with Crippen molar-refractivity contribution >= 4 is 31.3 Å². The van der Waals surface area contributed by atoms with E-state index in [1.807, 2.05) is 0 Å². The molecule has 0 amide bonds. The van der Waals surface area contributed by atoms with E-state index in [0.29, 0.717) is 5.56 Å². The molecular weight excluding hydrogens is 345 g/mol. The topological polar surface area (TPSA) is 43.4 Å². The first-order valence-electron chi connectivity index (χ1n) is 5.58. The first-order valence-corrected chi connectivity index (χ1v) is 8.27. The van der Waals surface area contributed by atoms with Crippen molar-refractivity contribution in [2.24, 2.45) is 0 Å². The van der Waals surface area contributed by atoms with Gasteiger partial charge in [0.1, 0.15) is 12.4 Å². The van der Waals surface area contributed by atoms with Gasteiger partial charge in [-0.1, -0.05) is 17.7 Å². The van der Waals surface area contributed by atoms with Gasteiger partial charge in [-0.05, 0) is 35.9 Å². The monoisotopic (exact) mass is 352 g/mol. The lowest BCUT2D eigenvalue weighted by atomic mass is 10.2. The molecule has 0 aliphatic heterocycles. The molecule has 8 heteroatoms. The highest BCUT2D eigenvalue weighted by atomic mass is 35.7. The molecule has 0 bridgehead atoms. The first-order chi connectivity index (χ1) is 9.77. The van der Waals surface area contributed by atoms with Crippen LogP contribution in [0.3, 0.4) is 0 Å². The summed E-state index contributed by atoms with van der Waals surface area (Å²) >= 11 is 5.54. The van der Waals surface area contributed by atoms with Crippen LogP contribution in [-0.4, -0.2) is 8.42 Å². The second-order valence-electron chi connectivity index (χ2n) is 4.07. The highest BCUT2D eigenvalue weighted by Gasteiger charge is 2.14. The van der Waals surface area contributed by atoms with Crippen LogP contribution in [0.5, 0.6) is 5.75 Å². The van der Waals surface area contributed by atoms with Crippen molar-refractivity contribution in [3.05, 3.63) is 58.6 Å². The van der Waals surface area contributed by atoms with Crippen molar-refractivity contribution in [2.45, 2.75) is 11.5 Å². The fourth-order valence-electron chi connectivity index (χ4n) is 1.54. The highest BCUT2D eigenvalue weighted by molar-refractivity contribution is 8.13. The Morgan fingerprint density at radius 3 is 2.33 bits per heavy atom. The summed E-state index contributed by atoms with van der Waals surface area (Å²) in [7, 11) is 1.09. The average molecular weight is 353 g/mol. The van der Waals surface area contributed by atoms with Crippen LogP contribution in [0, 0.1) is 11.6 Å². The maximum absolute atomic E-state index is 13.7. The second-order valence-corrected chi connectivity index (χ2v) is 7.04. The zero-order valence-electron chi connectivity index (χ0n) is 10.3. The van der Waals surface area contributed by atoms with Crippen molar-refractivity contribution in [1.82, 2.24) is 0 Å². The molecule has 0 saturated carbocycles. The average Bonchev–Trinajstić information content (AvgIpc) is 2.40. The van der Waals surface area contributed by atoms with E-state index < -0.39 is 20.7 Å². The fourth-order valence-corrected chi connectivity index (χ4v) is 2.42. The minimum atomic E-state index is -4.01. The molecule has 0 atom stereocenters. The number of rotatable bonds is 4. The van der Waals surface area contributed by atoms with Gasteiger partial charge in [-0.25, -0.2) is 17.2 Å². The van der Waals surface area contributed by atoms with Crippen LogP contribution in [0.2, 0.25) is 5.02 Å². The van der Waals surface area contributed by atoms with E-state index in [-0.39, 0.29) is 22.3 Å². The van der Waals surface area contributed by atoms with Gasteiger partial charge < -0.3 is 4.74 Å². The quantitative estimate of drug-likeness (QED) is 0.777. The molecule has 0 saturated heterocycles. The van der Waals surface area contributed by atoms with Gasteiger partial charge in [0.25, 0.3) is 9.05 Å². The molecule has 0 spiro atoms. The molecule has 0 aliphatic rings. The Kier molecular flexibility index (Phi) is 4.70. The van der Waals surface area contributed by atoms with Crippen LogP contribution >= 0.6 is 22.3 Å². The minimum Gasteiger partial charge on any atom is -0.486 e. The second kappa shape index (κ2) is 6.17. The lowest BCUT2D eigenvalue weighted by Crippen LogP contribution is -1.99. The van der Waals surface area contributed by atoms with Crippen molar-refractivity contribution < 1.29 is 21.9 Å². The third-order valence-electron chi connectivity index (χ3n) is 2.56. The molecule has 0 unspecified atom stereocenters. The van der Waals surface area contributed by atoms with Crippen LogP contribution in [0.4, 0.5) is 8.78 Å². The Labute approximate surface area is 129 Å². The summed E-state index contributed by atoms with van der Waals surface area (Å²) in [5.41, 5.74) is 0.449. The number of halogens is 4. The lowest BCUT2D eigenvalue weighted by molar-refractivity contribution is 0.289. The van der Waals surface area contributed by atoms with Gasteiger partial charge in [0.15, 0.2) is 11.6 Å². The smallest absolute Gasteiger partial charge is 0.261 e. The summed E-state index contributed by atoms with van der Waals surface area (Å²) < 4.78 is 54.2. The number of hydrogen-bond acceptors (Lipinski definition) is 3. The SMILES string of the molecule is O=S(=O)(Cl)c1ccc(OCc2ccc(Cl)c(F)c2)c(F)c1. The highest BCUT2D eigenvalue weighted by Crippen LogP contribution is 2.24. The fraction of sp³-hybridized carbons (Fsp3) is 0.0769. The molecular formula is C13H8Cl2F2O3S. The lowest BCUT2D eigenvalue weighted by Gasteiger charge is -2.08. The largest absolute Gasteiger partial charge is 0.486 e. The summed E-state index contributed by atoms with van der Waals surface area (Å²) in [6, 6.07) is 7.05. The normalized spacial score (nSPS) is 11.4. The van der Waals surface area contributed by atoms with E-state index in [2.05, 4.69) is 0 Å². The third kappa shape index (κ3) is 4.06. The summed E-state index contributed by atoms with van der Waals surface area (Å²) in [5.74, 6) is -1.66. The Morgan fingerprint density at radius 2 is 1.76 bits per heavy atom. The summed E-state index contributed by atoms with van der Waals surface area (Å²) in [5, 5.41) is -0.0263. The maximum atomic E-state index is 13.7. The van der Waals surface area contributed by atoms with E-state index in [1.165, 1.54) is 12.1 Å². The predicted molar refractivity (Wildman–Crippen MR) is 75.2 cm³/mol. The van der Waals surface area contributed by atoms with Crippen molar-refractivity contribution in [2.75, 3.05) is 0 Å². The zero-order chi connectivity index (χ0) is 15.6. The van der Waals surface area contributed by atoms with Crippen LogP contribution in [-0.2, 0) is 15.7 Å². The summed E-state index contributed by atoms with van der Waals surface area (Å²) in [6.45, 7) is -0.0992. The zero-order valence-corrected chi connectivity index (χ0v) is 12.6. The molecule has 0 aromatic heterocycles. The standard InChI is InChI=1S/C13H8Cl2F2O3S/c14-10-3-1-8(5-11(10)16)7-20-13-4-2-9(6-12(13)17)21(15,18)19/h1-6H,7H2. The number of benzene rings is 2. The Morgan fingerprint density at radius 1 is 1.05 bits per heavy atom. The molecule has 112 valence electrons. The predicted octanol–water partition coefficient (Wildman–Crippen LogP) is 4.12. The van der Waals surface area contributed by atoms with Gasteiger partial charge in [0.2, 0.25) is 0 Å². The molecule has 2 rings (SSSR count). The third-order valence-corrected chi connectivity index (χ3v) is 4.22. The summed E-state index contributed by atoms with van der Waals surface area (Å²) in [6.07, 6.45) is 0.